The Morgan fingerprint density at radius 2 is 1.47 bits per heavy atom. The molecule has 0 radical (unpaired) electrons. The fourth-order valence-electron chi connectivity index (χ4n) is 7.48. The van der Waals surface area contributed by atoms with E-state index in [0.717, 1.165) is 23.6 Å². The van der Waals surface area contributed by atoms with Crippen molar-refractivity contribution < 1.29 is 4.74 Å². The van der Waals surface area contributed by atoms with E-state index in [1.165, 1.54) is 60.0 Å². The van der Waals surface area contributed by atoms with Crippen molar-refractivity contribution in [1.82, 2.24) is 4.90 Å². The predicted molar refractivity (Wildman–Crippen MR) is 156 cm³/mol. The van der Waals surface area contributed by atoms with Crippen LogP contribution in [0.2, 0.25) is 0 Å². The molecule has 0 amide bonds. The second kappa shape index (κ2) is 9.96. The molecular formula is C35H36N2O. The van der Waals surface area contributed by atoms with Crippen molar-refractivity contribution in [3.63, 3.8) is 0 Å². The van der Waals surface area contributed by atoms with E-state index >= 15 is 0 Å². The maximum absolute atomic E-state index is 6.58. The van der Waals surface area contributed by atoms with Crippen LogP contribution in [0.4, 0.5) is 5.69 Å². The number of benzene rings is 4. The molecule has 7 rings (SSSR count). The number of anilines is 1. The van der Waals surface area contributed by atoms with Crippen LogP contribution in [-0.4, -0.2) is 30.6 Å². The van der Waals surface area contributed by atoms with Gasteiger partial charge in [0.1, 0.15) is 11.5 Å². The zero-order chi connectivity index (χ0) is 25.5. The van der Waals surface area contributed by atoms with Gasteiger partial charge in [0.25, 0.3) is 0 Å². The Morgan fingerprint density at radius 1 is 0.763 bits per heavy atom. The van der Waals surface area contributed by atoms with Gasteiger partial charge in [0, 0.05) is 54.0 Å². The van der Waals surface area contributed by atoms with E-state index in [2.05, 4.69) is 107 Å². The van der Waals surface area contributed by atoms with Crippen molar-refractivity contribution in [2.75, 3.05) is 18.9 Å². The molecule has 38 heavy (non-hydrogen) atoms. The summed E-state index contributed by atoms with van der Waals surface area (Å²) in [6, 6.07) is 36.5. The second-order valence-corrected chi connectivity index (χ2v) is 11.3. The lowest BCUT2D eigenvalue weighted by atomic mass is 9.72. The molecule has 3 atom stereocenters. The number of para-hydroxylation sites is 2. The van der Waals surface area contributed by atoms with Gasteiger partial charge in [-0.3, -0.25) is 4.90 Å². The van der Waals surface area contributed by atoms with Crippen LogP contribution >= 0.6 is 0 Å². The number of piperidine rings is 1. The van der Waals surface area contributed by atoms with Crippen LogP contribution in [0.1, 0.15) is 48.3 Å². The van der Waals surface area contributed by atoms with Crippen molar-refractivity contribution in [1.29, 1.82) is 0 Å². The highest BCUT2D eigenvalue weighted by molar-refractivity contribution is 5.79. The molecule has 3 aliphatic rings. The van der Waals surface area contributed by atoms with E-state index in [1.54, 1.807) is 0 Å². The monoisotopic (exact) mass is 500 g/mol. The number of nitrogens with one attached hydrogen (secondary N) is 1. The molecule has 3 heteroatoms. The van der Waals surface area contributed by atoms with E-state index < -0.39 is 0 Å². The predicted octanol–water partition coefficient (Wildman–Crippen LogP) is 8.12. The fourth-order valence-corrected chi connectivity index (χ4v) is 7.48. The first kappa shape index (κ1) is 23.5. The quantitative estimate of drug-likeness (QED) is 0.289. The first-order chi connectivity index (χ1) is 18.8. The summed E-state index contributed by atoms with van der Waals surface area (Å²) in [5.74, 6) is 3.08. The zero-order valence-corrected chi connectivity index (χ0v) is 22.1. The highest BCUT2D eigenvalue weighted by atomic mass is 16.5. The van der Waals surface area contributed by atoms with Crippen LogP contribution in [0.5, 0.6) is 11.5 Å². The molecule has 0 spiro atoms. The molecule has 0 saturated carbocycles. The summed E-state index contributed by atoms with van der Waals surface area (Å²) in [6.45, 7) is 1.18. The van der Waals surface area contributed by atoms with Crippen molar-refractivity contribution in [2.45, 2.75) is 50.1 Å². The highest BCUT2D eigenvalue weighted by Crippen LogP contribution is 2.53. The Balaban J connectivity index is 1.19. The lowest BCUT2D eigenvalue weighted by molar-refractivity contribution is 0.0972. The first-order valence-corrected chi connectivity index (χ1v) is 14.3. The van der Waals surface area contributed by atoms with Gasteiger partial charge in [-0.05, 0) is 67.3 Å². The fraction of sp³-hybridized carbons (Fsp3) is 0.314. The molecule has 2 saturated heterocycles. The van der Waals surface area contributed by atoms with E-state index in [1.807, 2.05) is 7.05 Å². The van der Waals surface area contributed by atoms with Gasteiger partial charge in [0.05, 0.1) is 0 Å². The van der Waals surface area contributed by atoms with Gasteiger partial charge < -0.3 is 10.1 Å². The third-order valence-corrected chi connectivity index (χ3v) is 9.22. The number of ether oxygens (including phenoxy) is 1. The van der Waals surface area contributed by atoms with Gasteiger partial charge in [-0.15, -0.1) is 0 Å². The molecule has 0 aliphatic carbocycles. The van der Waals surface area contributed by atoms with Gasteiger partial charge >= 0.3 is 0 Å². The van der Waals surface area contributed by atoms with E-state index in [0.29, 0.717) is 23.9 Å². The molecule has 3 aliphatic heterocycles. The molecular weight excluding hydrogens is 464 g/mol. The molecule has 192 valence electrons. The highest BCUT2D eigenvalue weighted by Gasteiger charge is 2.45. The minimum absolute atomic E-state index is 0.392. The molecule has 0 aromatic heterocycles. The number of hydrogen-bond donors (Lipinski definition) is 1. The number of nitrogens with zero attached hydrogens (tertiary/aromatic N) is 1. The summed E-state index contributed by atoms with van der Waals surface area (Å²) in [6.07, 6.45) is 6.38. The van der Waals surface area contributed by atoms with Crippen LogP contribution in [0.15, 0.2) is 97.1 Å². The smallest absolute Gasteiger partial charge is 0.131 e. The van der Waals surface area contributed by atoms with Gasteiger partial charge in [0.15, 0.2) is 0 Å². The summed E-state index contributed by atoms with van der Waals surface area (Å²) in [5.41, 5.74) is 7.72. The number of fused-ring (bicyclic) bond motifs is 4. The maximum Gasteiger partial charge on any atom is 0.131 e. The van der Waals surface area contributed by atoms with E-state index in [4.69, 9.17) is 4.74 Å². The molecule has 3 nitrogen and oxygen atoms in total. The summed E-state index contributed by atoms with van der Waals surface area (Å²) in [4.78, 5) is 2.84. The zero-order valence-electron chi connectivity index (χ0n) is 22.1. The van der Waals surface area contributed by atoms with Crippen LogP contribution in [0.3, 0.4) is 0 Å². The summed E-state index contributed by atoms with van der Waals surface area (Å²) in [7, 11) is 1.99. The molecule has 3 unspecified atom stereocenters. The van der Waals surface area contributed by atoms with Gasteiger partial charge in [-0.25, -0.2) is 0 Å². The number of rotatable bonds is 6. The molecule has 4 aromatic carbocycles. The van der Waals surface area contributed by atoms with Crippen LogP contribution < -0.4 is 10.1 Å². The lowest BCUT2D eigenvalue weighted by Gasteiger charge is -2.43. The Labute approximate surface area is 226 Å². The normalized spacial score (nSPS) is 23.8. The van der Waals surface area contributed by atoms with Crippen LogP contribution in [0.25, 0.3) is 11.1 Å². The Hall–Kier alpha value is -3.56. The van der Waals surface area contributed by atoms with E-state index in [9.17, 15) is 0 Å². The maximum atomic E-state index is 6.58. The minimum atomic E-state index is 0.392. The Bertz CT molecular complexity index is 1420. The van der Waals surface area contributed by atoms with Crippen molar-refractivity contribution in [2.24, 2.45) is 5.92 Å². The van der Waals surface area contributed by atoms with Gasteiger partial charge in [-0.2, -0.15) is 0 Å². The van der Waals surface area contributed by atoms with Crippen LogP contribution in [-0.2, 0) is 6.42 Å². The molecule has 2 bridgehead atoms. The first-order valence-electron chi connectivity index (χ1n) is 14.3. The van der Waals surface area contributed by atoms with Crippen LogP contribution in [0, 0.1) is 5.92 Å². The number of hydrogen-bond acceptors (Lipinski definition) is 3. The summed E-state index contributed by atoms with van der Waals surface area (Å²) in [5, 5.41) is 3.35. The third-order valence-electron chi connectivity index (χ3n) is 9.22. The Morgan fingerprint density at radius 3 is 2.29 bits per heavy atom. The minimum Gasteiger partial charge on any atom is -0.457 e. The van der Waals surface area contributed by atoms with Gasteiger partial charge in [-0.1, -0.05) is 78.9 Å². The van der Waals surface area contributed by atoms with Crippen molar-refractivity contribution in [3.05, 3.63) is 114 Å². The molecule has 1 N–H and O–H groups in total. The molecule has 3 heterocycles. The molecule has 2 fully saturated rings. The Kier molecular flexibility index (Phi) is 6.17. The summed E-state index contributed by atoms with van der Waals surface area (Å²) >= 11 is 0. The largest absolute Gasteiger partial charge is 0.457 e. The van der Waals surface area contributed by atoms with Gasteiger partial charge in [0.2, 0.25) is 0 Å². The molecule has 4 aromatic rings. The van der Waals surface area contributed by atoms with Crippen molar-refractivity contribution in [3.8, 4) is 22.6 Å². The van der Waals surface area contributed by atoms with E-state index in [-0.39, 0.29) is 0 Å². The average Bonchev–Trinajstić information content (AvgIpc) is 3.21. The third kappa shape index (κ3) is 4.19. The SMILES string of the molecule is CNc1ccccc1-c1ccc2c(c1)Oc1ccccc1C2C1CC2CCC(C1)N2CCc1ccccc1. The standard InChI is InChI=1S/C35H36N2O/c1-36-32-13-7-5-11-29(32)25-15-18-31-34(23-25)38-33-14-8-6-12-30(33)35(31)26-21-27-16-17-28(22-26)37(27)20-19-24-9-3-2-4-10-24/h2-15,18,23,26-28,35-36H,16-17,19-22H2,1H3. The second-order valence-electron chi connectivity index (χ2n) is 11.3. The summed E-state index contributed by atoms with van der Waals surface area (Å²) < 4.78 is 6.58. The topological polar surface area (TPSA) is 24.5 Å². The lowest BCUT2D eigenvalue weighted by Crippen LogP contribution is -2.45. The average molecular weight is 501 g/mol. The van der Waals surface area contributed by atoms with Crippen molar-refractivity contribution >= 4 is 5.69 Å².